The Labute approximate surface area is 120 Å². The molecule has 0 fully saturated rings. The average Bonchev–Trinajstić information content (AvgIpc) is 2.75. The third-order valence-electron chi connectivity index (χ3n) is 2.85. The summed E-state index contributed by atoms with van der Waals surface area (Å²) >= 11 is 3.42. The molecule has 7 heteroatoms. The minimum absolute atomic E-state index is 0.699. The first-order valence-corrected chi connectivity index (χ1v) is 7.11. The number of rotatable bonds is 5. The van der Waals surface area contributed by atoms with Crippen molar-refractivity contribution in [3.8, 4) is 11.4 Å². The lowest BCUT2D eigenvalue weighted by Crippen LogP contribution is -2.08. The topological polar surface area (TPSA) is 68.5 Å². The van der Waals surface area contributed by atoms with Gasteiger partial charge < -0.3 is 5.32 Å². The summed E-state index contributed by atoms with van der Waals surface area (Å²) < 4.78 is 2.42. The first kappa shape index (κ1) is 13.9. The third-order valence-corrected chi connectivity index (χ3v) is 3.39. The summed E-state index contributed by atoms with van der Waals surface area (Å²) in [7, 11) is 1.85. The molecule has 0 unspecified atom stereocenters. The lowest BCUT2D eigenvalue weighted by molar-refractivity contribution is 0.717. The SMILES string of the molecule is CCCNc1ncnc(-c2c(Br)nnn2C)c1CC. The van der Waals surface area contributed by atoms with Crippen LogP contribution in [-0.4, -0.2) is 31.5 Å². The minimum atomic E-state index is 0.699. The predicted molar refractivity (Wildman–Crippen MR) is 77.9 cm³/mol. The standard InChI is InChI=1S/C12H17BrN6/c1-4-6-14-12-8(5-2)9(15-7-16-12)10-11(13)17-18-19(10)3/h7H,4-6H2,1-3H3,(H,14,15,16). The van der Waals surface area contributed by atoms with Crippen LogP contribution in [0.1, 0.15) is 25.8 Å². The second-order valence-corrected chi connectivity index (χ2v) is 4.93. The van der Waals surface area contributed by atoms with E-state index in [0.29, 0.717) is 4.60 Å². The number of hydrogen-bond acceptors (Lipinski definition) is 5. The van der Waals surface area contributed by atoms with E-state index in [0.717, 1.165) is 42.2 Å². The summed E-state index contributed by atoms with van der Waals surface area (Å²) in [6.45, 7) is 5.12. The summed E-state index contributed by atoms with van der Waals surface area (Å²) in [5.74, 6) is 0.891. The van der Waals surface area contributed by atoms with Crippen LogP contribution in [0.25, 0.3) is 11.4 Å². The van der Waals surface area contributed by atoms with Crippen molar-refractivity contribution >= 4 is 21.7 Å². The largest absolute Gasteiger partial charge is 0.370 e. The highest BCUT2D eigenvalue weighted by Crippen LogP contribution is 2.29. The van der Waals surface area contributed by atoms with Crippen LogP contribution in [0.3, 0.4) is 0 Å². The monoisotopic (exact) mass is 324 g/mol. The lowest BCUT2D eigenvalue weighted by Gasteiger charge is -2.12. The first-order chi connectivity index (χ1) is 9.19. The van der Waals surface area contributed by atoms with Crippen LogP contribution < -0.4 is 5.32 Å². The minimum Gasteiger partial charge on any atom is -0.370 e. The molecule has 6 nitrogen and oxygen atoms in total. The zero-order valence-electron chi connectivity index (χ0n) is 11.3. The van der Waals surface area contributed by atoms with Crippen molar-refractivity contribution in [1.82, 2.24) is 25.0 Å². The van der Waals surface area contributed by atoms with Crippen molar-refractivity contribution < 1.29 is 0 Å². The van der Waals surface area contributed by atoms with E-state index in [1.165, 1.54) is 0 Å². The van der Waals surface area contributed by atoms with E-state index < -0.39 is 0 Å². The van der Waals surface area contributed by atoms with E-state index >= 15 is 0 Å². The molecule has 0 aliphatic carbocycles. The van der Waals surface area contributed by atoms with Crippen LogP contribution in [0.4, 0.5) is 5.82 Å². The first-order valence-electron chi connectivity index (χ1n) is 6.32. The Morgan fingerprint density at radius 3 is 2.68 bits per heavy atom. The van der Waals surface area contributed by atoms with Crippen molar-refractivity contribution in [1.29, 1.82) is 0 Å². The van der Waals surface area contributed by atoms with Crippen LogP contribution in [0.15, 0.2) is 10.9 Å². The molecule has 0 aromatic carbocycles. The number of aromatic nitrogens is 5. The van der Waals surface area contributed by atoms with Crippen molar-refractivity contribution in [3.05, 3.63) is 16.5 Å². The van der Waals surface area contributed by atoms with Crippen molar-refractivity contribution in [2.45, 2.75) is 26.7 Å². The van der Waals surface area contributed by atoms with Gasteiger partial charge in [0, 0.05) is 19.2 Å². The fraction of sp³-hybridized carbons (Fsp3) is 0.500. The van der Waals surface area contributed by atoms with Crippen LogP contribution >= 0.6 is 15.9 Å². The molecule has 0 aliphatic rings. The molecule has 19 heavy (non-hydrogen) atoms. The number of halogens is 1. The van der Waals surface area contributed by atoms with Gasteiger partial charge in [0.1, 0.15) is 17.8 Å². The number of nitrogens with one attached hydrogen (secondary N) is 1. The van der Waals surface area contributed by atoms with Crippen LogP contribution in [0, 0.1) is 0 Å². The maximum atomic E-state index is 4.40. The Morgan fingerprint density at radius 1 is 1.32 bits per heavy atom. The van der Waals surface area contributed by atoms with Gasteiger partial charge in [-0.1, -0.05) is 19.1 Å². The summed E-state index contributed by atoms with van der Waals surface area (Å²) in [5, 5.41) is 11.3. The molecule has 0 saturated carbocycles. The van der Waals surface area contributed by atoms with E-state index in [2.05, 4.69) is 55.4 Å². The molecule has 2 aromatic rings. The summed E-state index contributed by atoms with van der Waals surface area (Å²) in [6.07, 6.45) is 3.48. The summed E-state index contributed by atoms with van der Waals surface area (Å²) in [4.78, 5) is 8.73. The summed E-state index contributed by atoms with van der Waals surface area (Å²) in [6, 6.07) is 0. The zero-order chi connectivity index (χ0) is 13.8. The highest BCUT2D eigenvalue weighted by Gasteiger charge is 2.18. The Kier molecular flexibility index (Phi) is 4.47. The van der Waals surface area contributed by atoms with Gasteiger partial charge in [-0.15, -0.1) is 5.10 Å². The Morgan fingerprint density at radius 2 is 2.11 bits per heavy atom. The number of hydrogen-bond donors (Lipinski definition) is 1. The fourth-order valence-electron chi connectivity index (χ4n) is 1.93. The third kappa shape index (κ3) is 2.75. The summed E-state index contributed by atoms with van der Waals surface area (Å²) in [5.41, 5.74) is 2.83. The molecule has 0 aliphatic heterocycles. The molecular weight excluding hydrogens is 308 g/mol. The van der Waals surface area contributed by atoms with E-state index in [-0.39, 0.29) is 0 Å². The Hall–Kier alpha value is -1.50. The molecule has 0 radical (unpaired) electrons. The van der Waals surface area contributed by atoms with Gasteiger partial charge in [-0.3, -0.25) is 0 Å². The zero-order valence-corrected chi connectivity index (χ0v) is 12.9. The quantitative estimate of drug-likeness (QED) is 0.914. The molecule has 1 N–H and O–H groups in total. The molecule has 2 aromatic heterocycles. The lowest BCUT2D eigenvalue weighted by atomic mass is 10.1. The van der Waals surface area contributed by atoms with Crippen molar-refractivity contribution in [3.63, 3.8) is 0 Å². The molecule has 2 rings (SSSR count). The van der Waals surface area contributed by atoms with Crippen LogP contribution in [0.5, 0.6) is 0 Å². The predicted octanol–water partition coefficient (Wildman–Crippen LogP) is 2.42. The van der Waals surface area contributed by atoms with Gasteiger partial charge in [-0.2, -0.15) is 0 Å². The molecular formula is C12H17BrN6. The van der Waals surface area contributed by atoms with Crippen LogP contribution in [0.2, 0.25) is 0 Å². The van der Waals surface area contributed by atoms with Gasteiger partial charge in [0.2, 0.25) is 0 Å². The number of aryl methyl sites for hydroxylation is 1. The van der Waals surface area contributed by atoms with E-state index in [1.807, 2.05) is 7.05 Å². The average molecular weight is 325 g/mol. The Balaban J connectivity index is 2.51. The smallest absolute Gasteiger partial charge is 0.157 e. The second kappa shape index (κ2) is 6.10. The van der Waals surface area contributed by atoms with Gasteiger partial charge in [-0.05, 0) is 28.8 Å². The van der Waals surface area contributed by atoms with Gasteiger partial charge in [0.25, 0.3) is 0 Å². The number of nitrogens with zero attached hydrogens (tertiary/aromatic N) is 5. The maximum absolute atomic E-state index is 4.40. The molecule has 0 atom stereocenters. The van der Waals surface area contributed by atoms with E-state index in [9.17, 15) is 0 Å². The number of anilines is 1. The van der Waals surface area contributed by atoms with Crippen LogP contribution in [-0.2, 0) is 13.5 Å². The second-order valence-electron chi connectivity index (χ2n) is 4.18. The van der Waals surface area contributed by atoms with Gasteiger partial charge in [0.05, 0.1) is 5.69 Å². The molecule has 2 heterocycles. The molecule has 0 spiro atoms. The highest BCUT2D eigenvalue weighted by atomic mass is 79.9. The van der Waals surface area contributed by atoms with Crippen molar-refractivity contribution in [2.24, 2.45) is 7.05 Å². The molecule has 0 saturated heterocycles. The van der Waals surface area contributed by atoms with E-state index in [1.54, 1.807) is 11.0 Å². The van der Waals surface area contributed by atoms with Gasteiger partial charge in [0.15, 0.2) is 4.60 Å². The maximum Gasteiger partial charge on any atom is 0.157 e. The Bertz CT molecular complexity index is 546. The highest BCUT2D eigenvalue weighted by molar-refractivity contribution is 9.10. The van der Waals surface area contributed by atoms with E-state index in [4.69, 9.17) is 0 Å². The van der Waals surface area contributed by atoms with Gasteiger partial charge in [-0.25, -0.2) is 14.6 Å². The fourth-order valence-corrected chi connectivity index (χ4v) is 2.45. The molecule has 102 valence electrons. The van der Waals surface area contributed by atoms with Crippen molar-refractivity contribution in [2.75, 3.05) is 11.9 Å². The molecule has 0 bridgehead atoms. The normalized spacial score (nSPS) is 10.7. The molecule has 0 amide bonds. The van der Waals surface area contributed by atoms with Gasteiger partial charge >= 0.3 is 0 Å².